The Hall–Kier alpha value is -4.25. The molecule has 0 bridgehead atoms. The normalized spacial score (nSPS) is 16.1. The highest BCUT2D eigenvalue weighted by Crippen LogP contribution is 2.30. The van der Waals surface area contributed by atoms with E-state index in [0.29, 0.717) is 33.1 Å². The molecule has 0 fully saturated rings. The zero-order valence-electron chi connectivity index (χ0n) is 17.4. The summed E-state index contributed by atoms with van der Waals surface area (Å²) in [6, 6.07) is 27.8. The predicted octanol–water partition coefficient (Wildman–Crippen LogP) is 5.36. The molecule has 3 aromatic carbocycles. The standard InChI is InChI=1S/C27H18N2O3S/c30-18-33(32)14-13-21-11-12-23(17-26(21)33)28-27(31)22-15-24(19-7-3-1-4-8-19)29-25(16-22)20-9-5-2-6-10-20/h1-17H,(H,28,31). The number of fused-ring (bicyclic) bond motifs is 1. The molecule has 5 nitrogen and oxygen atoms in total. The zero-order valence-corrected chi connectivity index (χ0v) is 18.2. The second-order valence-electron chi connectivity index (χ2n) is 7.55. The van der Waals surface area contributed by atoms with Crippen molar-refractivity contribution >= 4 is 32.4 Å². The smallest absolute Gasteiger partial charge is 0.255 e. The Kier molecular flexibility index (Phi) is 5.23. The van der Waals surface area contributed by atoms with E-state index in [2.05, 4.69) is 5.32 Å². The Labute approximate surface area is 191 Å². The molecule has 0 spiro atoms. The lowest BCUT2D eigenvalue weighted by Crippen LogP contribution is -2.13. The van der Waals surface area contributed by atoms with E-state index in [-0.39, 0.29) is 5.91 Å². The monoisotopic (exact) mass is 450 g/mol. The Morgan fingerprint density at radius 2 is 1.42 bits per heavy atom. The summed E-state index contributed by atoms with van der Waals surface area (Å²) in [5, 5.41) is 5.85. The van der Waals surface area contributed by atoms with Gasteiger partial charge in [0.25, 0.3) is 5.91 Å². The molecule has 0 radical (unpaired) electrons. The number of anilines is 1. The van der Waals surface area contributed by atoms with Crippen molar-refractivity contribution in [3.8, 4) is 22.5 Å². The number of pyridine rings is 1. The molecule has 0 aliphatic carbocycles. The molecule has 1 aliphatic heterocycles. The van der Waals surface area contributed by atoms with E-state index >= 15 is 0 Å². The van der Waals surface area contributed by atoms with Crippen LogP contribution in [0.25, 0.3) is 28.6 Å². The van der Waals surface area contributed by atoms with Gasteiger partial charge in [0.15, 0.2) is 5.23 Å². The van der Waals surface area contributed by atoms with Gasteiger partial charge in [0.2, 0.25) is 0 Å². The summed E-state index contributed by atoms with van der Waals surface area (Å²) in [4.78, 5) is 29.6. The first-order valence-corrected chi connectivity index (χ1v) is 11.9. The van der Waals surface area contributed by atoms with Crippen LogP contribution in [0.4, 0.5) is 5.69 Å². The van der Waals surface area contributed by atoms with Crippen molar-refractivity contribution in [3.63, 3.8) is 0 Å². The van der Waals surface area contributed by atoms with E-state index in [9.17, 15) is 13.8 Å². The van der Waals surface area contributed by atoms with Crippen LogP contribution in [0.5, 0.6) is 0 Å². The van der Waals surface area contributed by atoms with Gasteiger partial charge < -0.3 is 5.32 Å². The lowest BCUT2D eigenvalue weighted by Gasteiger charge is -2.11. The quantitative estimate of drug-likeness (QED) is 0.425. The third-order valence-corrected chi connectivity index (χ3v) is 7.16. The molecule has 1 aromatic heterocycles. The number of hydrogen-bond donors (Lipinski definition) is 1. The van der Waals surface area contributed by atoms with Gasteiger partial charge in [-0.25, -0.2) is 14.0 Å². The van der Waals surface area contributed by atoms with Crippen LogP contribution in [-0.4, -0.2) is 20.3 Å². The second-order valence-corrected chi connectivity index (χ2v) is 9.63. The fourth-order valence-corrected chi connectivity index (χ4v) is 5.12. The van der Waals surface area contributed by atoms with Gasteiger partial charge in [0.1, 0.15) is 0 Å². The third kappa shape index (κ3) is 4.01. The maximum absolute atomic E-state index is 13.2. The van der Waals surface area contributed by atoms with Crippen molar-refractivity contribution < 1.29 is 13.8 Å². The Morgan fingerprint density at radius 1 is 0.818 bits per heavy atom. The van der Waals surface area contributed by atoms with Crippen LogP contribution < -0.4 is 5.32 Å². The number of hydrogen-bond acceptors (Lipinski definition) is 4. The Balaban J connectivity index is 1.54. The van der Waals surface area contributed by atoms with Crippen molar-refractivity contribution in [2.75, 3.05) is 5.32 Å². The highest BCUT2D eigenvalue weighted by Gasteiger charge is 2.20. The maximum Gasteiger partial charge on any atom is 0.255 e. The summed E-state index contributed by atoms with van der Waals surface area (Å²) in [6.07, 6.45) is 1.63. The van der Waals surface area contributed by atoms with Crippen LogP contribution in [0.3, 0.4) is 0 Å². The van der Waals surface area contributed by atoms with Crippen molar-refractivity contribution in [1.82, 2.24) is 4.98 Å². The van der Waals surface area contributed by atoms with Crippen LogP contribution in [0.15, 0.2) is 101 Å². The molecule has 160 valence electrons. The fourth-order valence-electron chi connectivity index (χ4n) is 3.71. The number of carbonyl (C=O) groups excluding carboxylic acids is 2. The lowest BCUT2D eigenvalue weighted by atomic mass is 10.0. The van der Waals surface area contributed by atoms with Gasteiger partial charge in [-0.1, -0.05) is 66.7 Å². The number of nitrogens with zero attached hydrogens (tertiary/aromatic N) is 1. The fraction of sp³-hybridized carbons (Fsp3) is 0. The number of amides is 1. The van der Waals surface area contributed by atoms with Gasteiger partial charge in [-0.3, -0.25) is 4.79 Å². The van der Waals surface area contributed by atoms with Crippen molar-refractivity contribution in [3.05, 3.63) is 108 Å². The van der Waals surface area contributed by atoms with Crippen LogP contribution in [-0.2, 0) is 14.3 Å². The molecule has 1 aliphatic rings. The van der Waals surface area contributed by atoms with Crippen molar-refractivity contribution in [2.45, 2.75) is 4.90 Å². The molecule has 1 unspecified atom stereocenters. The average molecular weight is 451 g/mol. The summed E-state index contributed by atoms with van der Waals surface area (Å²) in [5.74, 6) is -0.334. The van der Waals surface area contributed by atoms with Crippen LogP contribution >= 0.6 is 0 Å². The summed E-state index contributed by atoms with van der Waals surface area (Å²) >= 11 is 0. The number of rotatable bonds is 4. The van der Waals surface area contributed by atoms with Gasteiger partial charge in [0.05, 0.1) is 25.8 Å². The molecule has 1 N–H and O–H groups in total. The molecule has 4 aromatic rings. The summed E-state index contributed by atoms with van der Waals surface area (Å²) in [5.41, 5.74) is 4.72. The first-order valence-electron chi connectivity index (χ1n) is 10.3. The first-order chi connectivity index (χ1) is 16.1. The largest absolute Gasteiger partial charge is 0.322 e. The minimum absolute atomic E-state index is 0.334. The molecule has 5 rings (SSSR count). The van der Waals surface area contributed by atoms with E-state index < -0.39 is 9.52 Å². The van der Waals surface area contributed by atoms with E-state index in [4.69, 9.17) is 4.98 Å². The topological polar surface area (TPSA) is 76.1 Å². The summed E-state index contributed by atoms with van der Waals surface area (Å²) in [7, 11) is -3.01. The molecule has 0 saturated heterocycles. The number of benzene rings is 3. The highest BCUT2D eigenvalue weighted by molar-refractivity contribution is 8.03. The molecule has 0 saturated carbocycles. The van der Waals surface area contributed by atoms with Crippen molar-refractivity contribution in [1.29, 1.82) is 0 Å². The van der Waals surface area contributed by atoms with Gasteiger partial charge >= 0.3 is 0 Å². The van der Waals surface area contributed by atoms with Gasteiger partial charge in [-0.2, -0.15) is 0 Å². The zero-order chi connectivity index (χ0) is 22.8. The second kappa shape index (κ2) is 8.36. The first kappa shape index (κ1) is 20.6. The minimum atomic E-state index is -3.01. The summed E-state index contributed by atoms with van der Waals surface area (Å²) in [6.45, 7) is 0. The lowest BCUT2D eigenvalue weighted by molar-refractivity contribution is 0.102. The number of carbonyl (C=O) groups is 1. The van der Waals surface area contributed by atoms with Crippen molar-refractivity contribution in [2.24, 2.45) is 0 Å². The molecule has 1 atom stereocenters. The molecule has 33 heavy (non-hydrogen) atoms. The third-order valence-electron chi connectivity index (χ3n) is 5.39. The Morgan fingerprint density at radius 3 is 2.00 bits per heavy atom. The molecule has 6 heteroatoms. The van der Waals surface area contributed by atoms with E-state index in [1.807, 2.05) is 60.7 Å². The molecular weight excluding hydrogens is 432 g/mol. The number of aromatic nitrogens is 1. The molecule has 2 heterocycles. The van der Waals surface area contributed by atoms with Gasteiger partial charge in [-0.05, 0) is 35.9 Å². The van der Waals surface area contributed by atoms with E-state index in [1.165, 1.54) is 5.41 Å². The summed E-state index contributed by atoms with van der Waals surface area (Å²) < 4.78 is 12.7. The SMILES string of the molecule is O=C=S1(=O)C=Cc2ccc(NC(=O)c3cc(-c4ccccc4)nc(-c4ccccc4)c3)cc21. The highest BCUT2D eigenvalue weighted by atomic mass is 32.2. The average Bonchev–Trinajstić information content (AvgIpc) is 3.21. The minimum Gasteiger partial charge on any atom is -0.322 e. The van der Waals surface area contributed by atoms with E-state index in [0.717, 1.165) is 11.1 Å². The Bertz CT molecular complexity index is 1490. The maximum atomic E-state index is 13.2. The number of nitrogens with one attached hydrogen (secondary N) is 1. The van der Waals surface area contributed by atoms with Gasteiger partial charge in [-0.15, -0.1) is 0 Å². The van der Waals surface area contributed by atoms with Crippen LogP contribution in [0, 0.1) is 0 Å². The molecular formula is C27H18N2O3S. The predicted molar refractivity (Wildman–Crippen MR) is 131 cm³/mol. The van der Waals surface area contributed by atoms with E-state index in [1.54, 1.807) is 41.6 Å². The van der Waals surface area contributed by atoms with Crippen LogP contribution in [0.1, 0.15) is 15.9 Å². The molecule has 1 amide bonds. The van der Waals surface area contributed by atoms with Crippen LogP contribution in [0.2, 0.25) is 0 Å². The van der Waals surface area contributed by atoms with Gasteiger partial charge in [0, 0.05) is 27.8 Å².